The van der Waals surface area contributed by atoms with Crippen LogP contribution >= 0.6 is 0 Å². The van der Waals surface area contributed by atoms with Crippen molar-refractivity contribution >= 4 is 68.4 Å². The summed E-state index contributed by atoms with van der Waals surface area (Å²) in [7, 11) is 0. The van der Waals surface area contributed by atoms with E-state index in [1.54, 1.807) is 0 Å². The van der Waals surface area contributed by atoms with E-state index in [9.17, 15) is 0 Å². The minimum absolute atomic E-state index is 0.00562. The van der Waals surface area contributed by atoms with Crippen LogP contribution in [-0.2, 0) is 16.2 Å². The number of anilines is 6. The Morgan fingerprint density at radius 1 is 0.532 bits per heavy atom. The molecule has 6 heteroatoms. The van der Waals surface area contributed by atoms with E-state index < -0.39 is 0 Å². The lowest BCUT2D eigenvalue weighted by atomic mass is 9.35. The van der Waals surface area contributed by atoms with Gasteiger partial charge >= 0.3 is 0 Å². The first kappa shape index (κ1) is 40.2. The molecule has 0 saturated heterocycles. The third-order valence-electron chi connectivity index (χ3n) is 13.3. The van der Waals surface area contributed by atoms with Gasteiger partial charge in [-0.3, -0.25) is 0 Å². The maximum atomic E-state index is 7.33. The van der Waals surface area contributed by atoms with Gasteiger partial charge in [-0.1, -0.05) is 117 Å². The van der Waals surface area contributed by atoms with E-state index in [4.69, 9.17) is 13.9 Å². The highest BCUT2D eigenvalue weighted by molar-refractivity contribution is 7.00. The molecular weight excluding hydrogens is 759 g/mol. The van der Waals surface area contributed by atoms with Crippen LogP contribution in [0.5, 0.6) is 11.5 Å². The lowest BCUT2D eigenvalue weighted by Gasteiger charge is -2.44. The lowest BCUT2D eigenvalue weighted by molar-refractivity contribution is 0.297. The van der Waals surface area contributed by atoms with Crippen molar-refractivity contribution in [2.75, 3.05) is 23.0 Å². The summed E-state index contributed by atoms with van der Waals surface area (Å²) in [5, 5.41) is 1.13. The summed E-state index contributed by atoms with van der Waals surface area (Å²) in [6.07, 6.45) is 0.827. The Bertz CT molecular complexity index is 2920. The van der Waals surface area contributed by atoms with Crippen molar-refractivity contribution in [3.8, 4) is 22.6 Å². The van der Waals surface area contributed by atoms with Crippen LogP contribution in [0, 0.1) is 20.8 Å². The molecule has 3 aliphatic heterocycles. The molecule has 4 heterocycles. The van der Waals surface area contributed by atoms with Crippen LogP contribution in [0.2, 0.25) is 0 Å². The van der Waals surface area contributed by atoms with Crippen LogP contribution in [-0.4, -0.2) is 19.9 Å². The second-order valence-corrected chi connectivity index (χ2v) is 21.1. The van der Waals surface area contributed by atoms with Gasteiger partial charge in [0.25, 0.3) is 6.71 Å². The highest BCUT2D eigenvalue weighted by Crippen LogP contribution is 2.52. The summed E-state index contributed by atoms with van der Waals surface area (Å²) < 4.78 is 20.4. The summed E-state index contributed by atoms with van der Waals surface area (Å²) in [6.45, 7) is 28.5. The van der Waals surface area contributed by atoms with Crippen molar-refractivity contribution in [2.45, 2.75) is 106 Å². The monoisotopic (exact) mass is 818 g/mol. The van der Waals surface area contributed by atoms with Crippen molar-refractivity contribution in [2.24, 2.45) is 0 Å². The highest BCUT2D eigenvalue weighted by Gasteiger charge is 2.48. The van der Waals surface area contributed by atoms with Crippen LogP contribution in [0.4, 0.5) is 34.1 Å². The SMILES string of the molecule is Cc1cc2c3c(c1)N(c1c(C)cc(C(C)(C)C)cc1C)c1c(oc4ccc(C(C)(C)C)cc14)B3c1cc3c(cc1N2c1ccc(C(C)(C)C)cc1-c1ccccc1)OCCCO3. The van der Waals surface area contributed by atoms with Crippen LogP contribution in [0.15, 0.2) is 108 Å². The summed E-state index contributed by atoms with van der Waals surface area (Å²) in [4.78, 5) is 5.06. The zero-order valence-electron chi connectivity index (χ0n) is 38.6. The van der Waals surface area contributed by atoms with Crippen molar-refractivity contribution < 1.29 is 13.9 Å². The van der Waals surface area contributed by atoms with Gasteiger partial charge in [0.05, 0.1) is 35.9 Å². The first-order valence-electron chi connectivity index (χ1n) is 22.5. The van der Waals surface area contributed by atoms with E-state index in [1.165, 1.54) is 61.3 Å². The fourth-order valence-corrected chi connectivity index (χ4v) is 10.0. The number of rotatable bonds is 3. The van der Waals surface area contributed by atoms with Gasteiger partial charge in [-0.25, -0.2) is 0 Å². The van der Waals surface area contributed by atoms with Crippen molar-refractivity contribution in [1.82, 2.24) is 0 Å². The summed E-state index contributed by atoms with van der Waals surface area (Å²) in [5.74, 6) is 1.56. The van der Waals surface area contributed by atoms with E-state index in [0.29, 0.717) is 13.2 Å². The van der Waals surface area contributed by atoms with Gasteiger partial charge in [0, 0.05) is 40.5 Å². The molecule has 0 N–H and O–H groups in total. The Morgan fingerprint density at radius 2 is 1.13 bits per heavy atom. The number of ether oxygens (including phenoxy) is 2. The quantitative estimate of drug-likeness (QED) is 0.166. The highest BCUT2D eigenvalue weighted by atomic mass is 16.5. The fraction of sp³-hybridized carbons (Fsp3) is 0.321. The molecule has 0 bridgehead atoms. The molecule has 10 rings (SSSR count). The number of aryl methyl sites for hydroxylation is 3. The predicted octanol–water partition coefficient (Wildman–Crippen LogP) is 13.2. The van der Waals surface area contributed by atoms with Crippen LogP contribution in [0.3, 0.4) is 0 Å². The van der Waals surface area contributed by atoms with E-state index >= 15 is 0 Å². The molecule has 62 heavy (non-hydrogen) atoms. The van der Waals surface area contributed by atoms with Crippen LogP contribution in [0.1, 0.15) is 102 Å². The van der Waals surface area contributed by atoms with Crippen LogP contribution < -0.4 is 35.9 Å². The lowest BCUT2D eigenvalue weighted by Crippen LogP contribution is -2.61. The molecule has 0 atom stereocenters. The largest absolute Gasteiger partial charge is 0.490 e. The number of hydrogen-bond donors (Lipinski definition) is 0. The number of furan rings is 1. The van der Waals surface area contributed by atoms with Gasteiger partial charge in [0.2, 0.25) is 0 Å². The normalized spacial score (nSPS) is 14.7. The Labute approximate surface area is 368 Å². The maximum absolute atomic E-state index is 7.33. The molecule has 1 aromatic heterocycles. The predicted molar refractivity (Wildman–Crippen MR) is 262 cm³/mol. The molecule has 0 unspecified atom stereocenters. The van der Waals surface area contributed by atoms with Gasteiger partial charge in [0.1, 0.15) is 5.58 Å². The first-order valence-corrected chi connectivity index (χ1v) is 22.5. The smallest absolute Gasteiger partial charge is 0.297 e. The molecule has 6 aromatic carbocycles. The molecule has 314 valence electrons. The van der Waals surface area contributed by atoms with Gasteiger partial charge in [-0.2, -0.15) is 0 Å². The fourth-order valence-electron chi connectivity index (χ4n) is 10.0. The first-order chi connectivity index (χ1) is 29.4. The molecular formula is C56H59BN2O3. The molecule has 0 spiro atoms. The second-order valence-electron chi connectivity index (χ2n) is 21.1. The average Bonchev–Trinajstić information content (AvgIpc) is 3.43. The Balaban J connectivity index is 1.35. The number of benzene rings is 6. The minimum atomic E-state index is -0.218. The van der Waals surface area contributed by atoms with Gasteiger partial charge in [-0.15, -0.1) is 0 Å². The van der Waals surface area contributed by atoms with Crippen molar-refractivity contribution in [1.29, 1.82) is 0 Å². The van der Waals surface area contributed by atoms with Crippen LogP contribution in [0.25, 0.3) is 22.1 Å². The molecule has 7 aromatic rings. The number of fused-ring (bicyclic) bond motifs is 7. The third-order valence-corrected chi connectivity index (χ3v) is 13.3. The topological polar surface area (TPSA) is 38.1 Å². The molecule has 0 aliphatic carbocycles. The molecule has 3 aliphatic rings. The molecule has 0 saturated carbocycles. The average molecular weight is 819 g/mol. The molecule has 0 radical (unpaired) electrons. The maximum Gasteiger partial charge on any atom is 0.297 e. The van der Waals surface area contributed by atoms with Crippen molar-refractivity contribution in [3.63, 3.8) is 0 Å². The molecule has 0 amide bonds. The standard InChI is InChI=1S/C56H59BN2O3/c1-33-25-45-50-46(26-33)59(51-34(2)27-39(28-35(51)3)56(10,11)12)52-41-30-38(55(7,8)9)20-22-47(41)62-53(52)57(50)42-31-48-49(61-24-16-23-60-48)32-44(42)58(45)43-21-19-37(54(4,5)6)29-40(43)36-17-14-13-15-18-36/h13-15,17-22,25-32H,16,23-24H2,1-12H3. The minimum Gasteiger partial charge on any atom is -0.490 e. The van der Waals surface area contributed by atoms with Gasteiger partial charge < -0.3 is 23.7 Å². The van der Waals surface area contributed by atoms with E-state index in [1.807, 2.05) is 0 Å². The molecule has 5 nitrogen and oxygen atoms in total. The summed E-state index contributed by atoms with van der Waals surface area (Å²) in [6, 6.07) is 38.8. The Morgan fingerprint density at radius 3 is 1.77 bits per heavy atom. The zero-order valence-corrected chi connectivity index (χ0v) is 38.6. The number of nitrogens with zero attached hydrogens (tertiary/aromatic N) is 2. The van der Waals surface area contributed by atoms with E-state index in [2.05, 4.69) is 196 Å². The second kappa shape index (κ2) is 14.1. The summed E-state index contributed by atoms with van der Waals surface area (Å²) in [5.41, 5.74) is 20.8. The Hall–Kier alpha value is -5.88. The summed E-state index contributed by atoms with van der Waals surface area (Å²) >= 11 is 0. The number of hydrogen-bond acceptors (Lipinski definition) is 5. The van der Waals surface area contributed by atoms with Gasteiger partial charge in [0.15, 0.2) is 11.5 Å². The molecule has 0 fully saturated rings. The van der Waals surface area contributed by atoms with E-state index in [-0.39, 0.29) is 23.0 Å². The van der Waals surface area contributed by atoms with Crippen molar-refractivity contribution in [3.05, 3.63) is 137 Å². The Kier molecular flexibility index (Phi) is 9.13. The third kappa shape index (κ3) is 6.43. The zero-order chi connectivity index (χ0) is 43.6. The van der Waals surface area contributed by atoms with Gasteiger partial charge in [-0.05, 0) is 129 Å². The van der Waals surface area contributed by atoms with E-state index in [0.717, 1.165) is 62.8 Å².